The minimum Gasteiger partial charge on any atom is -0.387 e. The summed E-state index contributed by atoms with van der Waals surface area (Å²) in [5, 5.41) is 18.0. The van der Waals surface area contributed by atoms with Crippen LogP contribution in [0.1, 0.15) is 17.2 Å². The standard InChI is InChI=1S/C10H11FN2O/c11-5-9(13)10(14)8-3-1-7(6-12)2-4-8/h1-4,9-10,14H,5,13H2/t9-,10-/m1/s1. The zero-order valence-corrected chi connectivity index (χ0v) is 7.52. The summed E-state index contributed by atoms with van der Waals surface area (Å²) in [6, 6.07) is 7.29. The minimum atomic E-state index is -1.02. The number of nitrogens with two attached hydrogens (primary N) is 1. The first-order valence-electron chi connectivity index (χ1n) is 4.18. The molecule has 2 atom stereocenters. The van der Waals surface area contributed by atoms with Gasteiger partial charge in [-0.15, -0.1) is 0 Å². The monoisotopic (exact) mass is 194 g/mol. The molecule has 3 nitrogen and oxygen atoms in total. The molecular formula is C10H11FN2O. The second kappa shape index (κ2) is 4.70. The molecule has 0 amide bonds. The average Bonchev–Trinajstić information content (AvgIpc) is 2.27. The van der Waals surface area contributed by atoms with Crippen molar-refractivity contribution in [2.45, 2.75) is 12.1 Å². The van der Waals surface area contributed by atoms with Gasteiger partial charge in [0.2, 0.25) is 0 Å². The Morgan fingerprint density at radius 2 is 2.00 bits per heavy atom. The first-order chi connectivity index (χ1) is 6.69. The second-order valence-electron chi connectivity index (χ2n) is 3.00. The van der Waals surface area contributed by atoms with Gasteiger partial charge in [0.25, 0.3) is 0 Å². The minimum absolute atomic E-state index is 0.495. The summed E-state index contributed by atoms with van der Waals surface area (Å²) in [7, 11) is 0. The summed E-state index contributed by atoms with van der Waals surface area (Å²) >= 11 is 0. The lowest BCUT2D eigenvalue weighted by molar-refractivity contribution is 0.132. The van der Waals surface area contributed by atoms with Crippen molar-refractivity contribution >= 4 is 0 Å². The summed E-state index contributed by atoms with van der Waals surface area (Å²) in [5.41, 5.74) is 6.35. The van der Waals surface area contributed by atoms with Crippen molar-refractivity contribution in [3.8, 4) is 6.07 Å². The van der Waals surface area contributed by atoms with E-state index < -0.39 is 18.8 Å². The SMILES string of the molecule is N#Cc1ccc([C@@H](O)[C@H](N)CF)cc1. The fourth-order valence-corrected chi connectivity index (χ4v) is 1.09. The third-order valence-electron chi connectivity index (χ3n) is 1.97. The van der Waals surface area contributed by atoms with Crippen LogP contribution in [-0.2, 0) is 0 Å². The Kier molecular flexibility index (Phi) is 3.57. The molecule has 0 unspecified atom stereocenters. The predicted molar refractivity (Wildman–Crippen MR) is 50.1 cm³/mol. The number of nitriles is 1. The molecule has 0 radical (unpaired) electrons. The molecular weight excluding hydrogens is 183 g/mol. The highest BCUT2D eigenvalue weighted by Crippen LogP contribution is 2.16. The van der Waals surface area contributed by atoms with Gasteiger partial charge in [0.15, 0.2) is 0 Å². The molecule has 0 bridgehead atoms. The molecule has 0 aliphatic heterocycles. The number of aliphatic hydroxyl groups excluding tert-OH is 1. The van der Waals surface area contributed by atoms with Crippen molar-refractivity contribution in [3.63, 3.8) is 0 Å². The fourth-order valence-electron chi connectivity index (χ4n) is 1.09. The van der Waals surface area contributed by atoms with Gasteiger partial charge in [-0.3, -0.25) is 0 Å². The van der Waals surface area contributed by atoms with Crippen LogP contribution in [-0.4, -0.2) is 17.8 Å². The summed E-state index contributed by atoms with van der Waals surface area (Å²) in [4.78, 5) is 0. The molecule has 1 aromatic rings. The van der Waals surface area contributed by atoms with Crippen molar-refractivity contribution < 1.29 is 9.50 Å². The molecule has 1 rings (SSSR count). The zero-order valence-electron chi connectivity index (χ0n) is 7.52. The molecule has 14 heavy (non-hydrogen) atoms. The van der Waals surface area contributed by atoms with E-state index in [9.17, 15) is 9.50 Å². The van der Waals surface area contributed by atoms with Crippen LogP contribution in [0, 0.1) is 11.3 Å². The first kappa shape index (κ1) is 10.6. The molecule has 0 heterocycles. The Labute approximate surface area is 81.6 Å². The number of hydrogen-bond donors (Lipinski definition) is 2. The van der Waals surface area contributed by atoms with Crippen molar-refractivity contribution in [2.24, 2.45) is 5.73 Å². The number of hydrogen-bond acceptors (Lipinski definition) is 3. The molecule has 0 spiro atoms. The molecule has 3 N–H and O–H groups in total. The average molecular weight is 194 g/mol. The number of rotatable bonds is 3. The molecule has 1 aromatic carbocycles. The molecule has 0 fully saturated rings. The van der Waals surface area contributed by atoms with Gasteiger partial charge < -0.3 is 10.8 Å². The van der Waals surface area contributed by atoms with Crippen molar-refractivity contribution in [1.29, 1.82) is 5.26 Å². The first-order valence-corrected chi connectivity index (χ1v) is 4.18. The van der Waals surface area contributed by atoms with Gasteiger partial charge in [0, 0.05) is 0 Å². The van der Waals surface area contributed by atoms with E-state index in [0.717, 1.165) is 0 Å². The molecule has 0 aromatic heterocycles. The molecule has 0 saturated carbocycles. The van der Waals surface area contributed by atoms with E-state index in [2.05, 4.69) is 0 Å². The van der Waals surface area contributed by atoms with Crippen molar-refractivity contribution in [1.82, 2.24) is 0 Å². The normalized spacial score (nSPS) is 14.4. The highest BCUT2D eigenvalue weighted by Gasteiger charge is 2.16. The Bertz CT molecular complexity index is 331. The van der Waals surface area contributed by atoms with Crippen molar-refractivity contribution in [3.05, 3.63) is 35.4 Å². The number of halogens is 1. The van der Waals surface area contributed by atoms with Crippen LogP contribution in [0.5, 0.6) is 0 Å². The number of aliphatic hydroxyl groups is 1. The van der Waals surface area contributed by atoms with E-state index in [1.807, 2.05) is 6.07 Å². The van der Waals surface area contributed by atoms with Gasteiger partial charge in [-0.25, -0.2) is 4.39 Å². The van der Waals surface area contributed by atoms with Crippen LogP contribution in [0.4, 0.5) is 4.39 Å². The smallest absolute Gasteiger partial charge is 0.107 e. The van der Waals surface area contributed by atoms with E-state index in [1.54, 1.807) is 24.3 Å². The Hall–Kier alpha value is -1.44. The fraction of sp³-hybridized carbons (Fsp3) is 0.300. The van der Waals surface area contributed by atoms with Gasteiger partial charge in [-0.1, -0.05) is 12.1 Å². The molecule has 74 valence electrons. The van der Waals surface area contributed by atoms with E-state index >= 15 is 0 Å². The molecule has 0 aliphatic rings. The molecule has 0 saturated heterocycles. The van der Waals surface area contributed by atoms with Crippen LogP contribution < -0.4 is 5.73 Å². The second-order valence-corrected chi connectivity index (χ2v) is 3.00. The summed E-state index contributed by atoms with van der Waals surface area (Å²) in [6.07, 6.45) is -1.02. The maximum Gasteiger partial charge on any atom is 0.107 e. The van der Waals surface area contributed by atoms with Crippen molar-refractivity contribution in [2.75, 3.05) is 6.67 Å². The summed E-state index contributed by atoms with van der Waals surface area (Å²) in [6.45, 7) is -0.777. The Balaban J connectivity index is 2.82. The highest BCUT2D eigenvalue weighted by molar-refractivity contribution is 5.32. The number of alkyl halides is 1. The largest absolute Gasteiger partial charge is 0.387 e. The molecule has 0 aliphatic carbocycles. The van der Waals surface area contributed by atoms with E-state index in [1.165, 1.54) is 0 Å². The quantitative estimate of drug-likeness (QED) is 0.750. The lowest BCUT2D eigenvalue weighted by Gasteiger charge is -2.15. The van der Waals surface area contributed by atoms with Gasteiger partial charge in [0.1, 0.15) is 6.67 Å². The van der Waals surface area contributed by atoms with Crippen LogP contribution in [0.25, 0.3) is 0 Å². The number of nitrogens with zero attached hydrogens (tertiary/aromatic N) is 1. The third-order valence-corrected chi connectivity index (χ3v) is 1.97. The lowest BCUT2D eigenvalue weighted by atomic mass is 10.0. The van der Waals surface area contributed by atoms with Crippen LogP contribution in [0.15, 0.2) is 24.3 Å². The van der Waals surface area contributed by atoms with Crippen LogP contribution >= 0.6 is 0 Å². The maximum absolute atomic E-state index is 12.1. The maximum atomic E-state index is 12.1. The predicted octanol–water partition coefficient (Wildman–Crippen LogP) is 0.888. The van der Waals surface area contributed by atoms with Gasteiger partial charge >= 0.3 is 0 Å². The molecule has 4 heteroatoms. The van der Waals surface area contributed by atoms with E-state index in [-0.39, 0.29) is 0 Å². The summed E-state index contributed by atoms with van der Waals surface area (Å²) < 4.78 is 12.1. The topological polar surface area (TPSA) is 70.0 Å². The van der Waals surface area contributed by atoms with E-state index in [4.69, 9.17) is 11.0 Å². The van der Waals surface area contributed by atoms with Gasteiger partial charge in [-0.2, -0.15) is 5.26 Å². The number of benzene rings is 1. The summed E-state index contributed by atoms with van der Waals surface area (Å²) in [5.74, 6) is 0. The highest BCUT2D eigenvalue weighted by atomic mass is 19.1. The van der Waals surface area contributed by atoms with Crippen LogP contribution in [0.2, 0.25) is 0 Å². The zero-order chi connectivity index (χ0) is 10.6. The Morgan fingerprint density at radius 3 is 2.43 bits per heavy atom. The van der Waals surface area contributed by atoms with E-state index in [0.29, 0.717) is 11.1 Å². The van der Waals surface area contributed by atoms with Gasteiger partial charge in [-0.05, 0) is 17.7 Å². The third kappa shape index (κ3) is 2.28. The lowest BCUT2D eigenvalue weighted by Crippen LogP contribution is -2.30. The Morgan fingerprint density at radius 1 is 1.43 bits per heavy atom. The van der Waals surface area contributed by atoms with Crippen LogP contribution in [0.3, 0.4) is 0 Å². The van der Waals surface area contributed by atoms with Gasteiger partial charge in [0.05, 0.1) is 23.8 Å².